The average Bonchev–Trinajstić information content (AvgIpc) is 2.95. The fraction of sp³-hybridized carbons (Fsp3) is 0.357. The maximum absolute atomic E-state index is 12.8. The SMILES string of the molecule is CC(=O)NC(CSSCC(NC(C)=O)C(=O)Oc1ccc(CC([NH3+])C(=O)O)cc1)C(=O)Oc1ccc(CC([NH3+])C(=O)O)cc1. The van der Waals surface area contributed by atoms with Crippen molar-refractivity contribution < 1.29 is 59.9 Å². The molecule has 0 aromatic heterocycles. The van der Waals surface area contributed by atoms with Crippen molar-refractivity contribution in [1.29, 1.82) is 0 Å². The summed E-state index contributed by atoms with van der Waals surface area (Å²) < 4.78 is 10.8. The number of esters is 2. The van der Waals surface area contributed by atoms with E-state index in [1.165, 1.54) is 59.7 Å². The Hall–Kier alpha value is -4.12. The molecule has 10 N–H and O–H groups in total. The number of carbonyl (C=O) groups excluding carboxylic acids is 4. The Kier molecular flexibility index (Phi) is 14.6. The van der Waals surface area contributed by atoms with Gasteiger partial charge in [0, 0.05) is 38.2 Å². The van der Waals surface area contributed by atoms with Crippen LogP contribution in [0.1, 0.15) is 25.0 Å². The molecule has 44 heavy (non-hydrogen) atoms. The molecule has 0 aliphatic heterocycles. The van der Waals surface area contributed by atoms with Crippen LogP contribution in [0.3, 0.4) is 0 Å². The summed E-state index contributed by atoms with van der Waals surface area (Å²) >= 11 is 0. The van der Waals surface area contributed by atoms with E-state index >= 15 is 0 Å². The van der Waals surface area contributed by atoms with Gasteiger partial charge in [-0.15, -0.1) is 0 Å². The molecule has 2 aromatic carbocycles. The largest absolute Gasteiger partial charge is 0.477 e. The van der Waals surface area contributed by atoms with Gasteiger partial charge in [0.15, 0.2) is 12.1 Å². The third-order valence-electron chi connectivity index (χ3n) is 5.82. The molecule has 0 heterocycles. The highest BCUT2D eigenvalue weighted by molar-refractivity contribution is 8.76. The second-order valence-corrected chi connectivity index (χ2v) is 12.2. The lowest BCUT2D eigenvalue weighted by molar-refractivity contribution is -0.407. The Balaban J connectivity index is 1.93. The first-order valence-corrected chi connectivity index (χ1v) is 15.8. The molecule has 0 fully saturated rings. The smallest absolute Gasteiger partial charge is 0.362 e. The van der Waals surface area contributed by atoms with E-state index in [0.717, 1.165) is 0 Å². The zero-order valence-electron chi connectivity index (χ0n) is 24.1. The third-order valence-corrected chi connectivity index (χ3v) is 8.25. The van der Waals surface area contributed by atoms with Gasteiger partial charge in [0.25, 0.3) is 0 Å². The van der Waals surface area contributed by atoms with Crippen LogP contribution in [-0.2, 0) is 41.6 Å². The molecule has 0 radical (unpaired) electrons. The van der Waals surface area contributed by atoms with Gasteiger partial charge < -0.3 is 41.8 Å². The highest BCUT2D eigenvalue weighted by atomic mass is 33.1. The molecule has 0 aliphatic rings. The summed E-state index contributed by atoms with van der Waals surface area (Å²) in [6, 6.07) is 8.85. The van der Waals surface area contributed by atoms with Gasteiger partial charge in [0.2, 0.25) is 11.8 Å². The normalized spacial score (nSPS) is 13.5. The first-order chi connectivity index (χ1) is 20.7. The van der Waals surface area contributed by atoms with Crippen LogP contribution in [0.25, 0.3) is 0 Å². The topological polar surface area (TPSA) is 241 Å². The summed E-state index contributed by atoms with van der Waals surface area (Å²) in [7, 11) is 2.34. The fourth-order valence-electron chi connectivity index (χ4n) is 3.57. The van der Waals surface area contributed by atoms with E-state index in [0.29, 0.717) is 11.1 Å². The lowest BCUT2D eigenvalue weighted by Gasteiger charge is -2.18. The number of rotatable bonds is 17. The van der Waals surface area contributed by atoms with Crippen LogP contribution in [0.2, 0.25) is 0 Å². The van der Waals surface area contributed by atoms with E-state index in [9.17, 15) is 28.8 Å². The quantitative estimate of drug-likeness (QED) is 0.0525. The van der Waals surface area contributed by atoms with Gasteiger partial charge in [-0.05, 0) is 35.4 Å². The van der Waals surface area contributed by atoms with Crippen molar-refractivity contribution in [1.82, 2.24) is 10.6 Å². The summed E-state index contributed by atoms with van der Waals surface area (Å²) in [6.45, 7) is 2.51. The minimum atomic E-state index is -1.02. The van der Waals surface area contributed by atoms with Crippen molar-refractivity contribution >= 4 is 57.3 Å². The van der Waals surface area contributed by atoms with Crippen molar-refractivity contribution in [2.24, 2.45) is 0 Å². The highest BCUT2D eigenvalue weighted by Gasteiger charge is 2.25. The average molecular weight is 653 g/mol. The second-order valence-electron chi connectivity index (χ2n) is 9.68. The summed E-state index contributed by atoms with van der Waals surface area (Å²) in [5.74, 6) is -3.84. The highest BCUT2D eigenvalue weighted by Crippen LogP contribution is 2.25. The molecule has 0 saturated carbocycles. The Labute approximate surface area is 261 Å². The van der Waals surface area contributed by atoms with Crippen molar-refractivity contribution in [2.75, 3.05) is 11.5 Å². The lowest BCUT2D eigenvalue weighted by atomic mass is 10.1. The second kappa shape index (κ2) is 17.9. The molecule has 2 aromatic rings. The molecule has 238 valence electrons. The Bertz CT molecular complexity index is 1220. The number of carbonyl (C=O) groups is 6. The number of aliphatic carboxylic acids is 2. The first-order valence-electron chi connectivity index (χ1n) is 13.3. The van der Waals surface area contributed by atoms with Crippen LogP contribution in [0.15, 0.2) is 48.5 Å². The summed E-state index contributed by atoms with van der Waals surface area (Å²) in [5, 5.41) is 23.1. The molecular weight excluding hydrogens is 616 g/mol. The number of benzene rings is 2. The number of carboxylic acids is 2. The van der Waals surface area contributed by atoms with E-state index in [-0.39, 0.29) is 35.8 Å². The van der Waals surface area contributed by atoms with Gasteiger partial charge in [-0.2, -0.15) is 0 Å². The first kappa shape index (κ1) is 36.1. The molecule has 0 bridgehead atoms. The minimum Gasteiger partial charge on any atom is -0.477 e. The van der Waals surface area contributed by atoms with Crippen LogP contribution in [-0.4, -0.2) is 81.6 Å². The van der Waals surface area contributed by atoms with E-state index in [4.69, 9.17) is 19.7 Å². The fourth-order valence-corrected chi connectivity index (χ4v) is 5.86. The van der Waals surface area contributed by atoms with Crippen LogP contribution in [0, 0.1) is 0 Å². The summed E-state index contributed by atoms with van der Waals surface area (Å²) in [6.07, 6.45) is 0.411. The number of quaternary nitrogens is 2. The van der Waals surface area contributed by atoms with Gasteiger partial charge >= 0.3 is 23.9 Å². The number of hydrogen-bond acceptors (Lipinski definition) is 10. The van der Waals surface area contributed by atoms with Gasteiger partial charge in [-0.3, -0.25) is 9.59 Å². The molecular formula is C28H36N4O10S2+2. The van der Waals surface area contributed by atoms with Crippen molar-refractivity contribution in [3.63, 3.8) is 0 Å². The molecule has 14 nitrogen and oxygen atoms in total. The molecule has 0 spiro atoms. The van der Waals surface area contributed by atoms with Crippen LogP contribution < -0.4 is 31.6 Å². The van der Waals surface area contributed by atoms with Gasteiger partial charge in [-0.1, -0.05) is 45.9 Å². The van der Waals surface area contributed by atoms with Crippen LogP contribution in [0.5, 0.6) is 11.5 Å². The van der Waals surface area contributed by atoms with E-state index in [2.05, 4.69) is 22.1 Å². The number of ether oxygens (including phenoxy) is 2. The zero-order valence-corrected chi connectivity index (χ0v) is 25.8. The number of amides is 2. The monoisotopic (exact) mass is 652 g/mol. The van der Waals surface area contributed by atoms with E-state index in [1.54, 1.807) is 24.3 Å². The Morgan fingerprint density at radius 3 is 1.25 bits per heavy atom. The molecule has 2 amide bonds. The van der Waals surface area contributed by atoms with E-state index < -0.39 is 59.9 Å². The Morgan fingerprint density at radius 2 is 0.977 bits per heavy atom. The summed E-state index contributed by atoms with van der Waals surface area (Å²) in [5.41, 5.74) is 8.53. The number of carboxylic acid groups (broad SMARTS) is 2. The zero-order chi connectivity index (χ0) is 32.8. The lowest BCUT2D eigenvalue weighted by Crippen LogP contribution is -2.65. The number of nitrogens with one attached hydrogen (secondary N) is 2. The molecule has 2 rings (SSSR count). The third kappa shape index (κ3) is 13.0. The van der Waals surface area contributed by atoms with Gasteiger partial charge in [0.05, 0.1) is 0 Å². The predicted octanol–water partition coefficient (Wildman–Crippen LogP) is -0.936. The maximum Gasteiger partial charge on any atom is 0.362 e. The van der Waals surface area contributed by atoms with Crippen molar-refractivity contribution in [2.45, 2.75) is 50.9 Å². The molecule has 4 atom stereocenters. The van der Waals surface area contributed by atoms with Crippen molar-refractivity contribution in [3.05, 3.63) is 59.7 Å². The van der Waals surface area contributed by atoms with Gasteiger partial charge in [0.1, 0.15) is 23.6 Å². The van der Waals surface area contributed by atoms with Crippen molar-refractivity contribution in [3.8, 4) is 11.5 Å². The predicted molar refractivity (Wildman–Crippen MR) is 160 cm³/mol. The summed E-state index contributed by atoms with van der Waals surface area (Å²) in [4.78, 5) is 71.0. The van der Waals surface area contributed by atoms with Crippen LogP contribution >= 0.6 is 21.6 Å². The van der Waals surface area contributed by atoms with Gasteiger partial charge in [-0.25, -0.2) is 19.2 Å². The molecule has 0 saturated heterocycles. The minimum absolute atomic E-state index is 0.0792. The molecule has 4 unspecified atom stereocenters. The maximum atomic E-state index is 12.8. The van der Waals surface area contributed by atoms with Crippen LogP contribution in [0.4, 0.5) is 0 Å². The Morgan fingerprint density at radius 1 is 0.659 bits per heavy atom. The molecule has 16 heteroatoms. The number of hydrogen-bond donors (Lipinski definition) is 6. The van der Waals surface area contributed by atoms with E-state index in [1.807, 2.05) is 0 Å². The molecule has 0 aliphatic carbocycles. The standard InChI is InChI=1S/C28H34N4O10S2/c1-15(33)31-23(27(39)41-19-7-3-17(4-8-19)11-21(29)25(35)36)13-43-44-14-24(32-16(2)34)28(40)42-20-9-5-18(6-10-20)12-22(30)26(37)38/h3-10,21-24H,11-14,29-30H2,1-2H3,(H,31,33)(H,32,34)(H,35,36)(H,37,38)/p+2.